The summed E-state index contributed by atoms with van der Waals surface area (Å²) in [5.41, 5.74) is 0. The number of anilines is 1. The van der Waals surface area contributed by atoms with Gasteiger partial charge in [0.25, 0.3) is 0 Å². The van der Waals surface area contributed by atoms with Crippen molar-refractivity contribution in [2.24, 2.45) is 5.92 Å². The highest BCUT2D eigenvalue weighted by Gasteiger charge is 2.25. The maximum atomic E-state index is 5.81. The standard InChI is InChI=1S/C10H15ClN4O/c1-3-15(6-7-4-5-7)9-12-8(11)13-10(14-9)16-2/h7H,3-6H2,1-2H3. The van der Waals surface area contributed by atoms with Crippen LogP contribution in [-0.2, 0) is 0 Å². The van der Waals surface area contributed by atoms with E-state index in [0.717, 1.165) is 19.0 Å². The van der Waals surface area contributed by atoms with Gasteiger partial charge in [0, 0.05) is 13.1 Å². The smallest absolute Gasteiger partial charge is 0.322 e. The van der Waals surface area contributed by atoms with Crippen LogP contribution in [-0.4, -0.2) is 35.2 Å². The Hall–Kier alpha value is -1.10. The number of halogens is 1. The van der Waals surface area contributed by atoms with E-state index < -0.39 is 0 Å². The topological polar surface area (TPSA) is 51.1 Å². The fourth-order valence-corrected chi connectivity index (χ4v) is 1.67. The molecular formula is C10H15ClN4O. The van der Waals surface area contributed by atoms with E-state index in [4.69, 9.17) is 16.3 Å². The molecule has 5 nitrogen and oxygen atoms in total. The first-order valence-corrected chi connectivity index (χ1v) is 5.81. The van der Waals surface area contributed by atoms with Gasteiger partial charge in [-0.05, 0) is 37.3 Å². The van der Waals surface area contributed by atoms with Gasteiger partial charge in [0.15, 0.2) is 0 Å². The molecule has 0 aromatic carbocycles. The summed E-state index contributed by atoms with van der Waals surface area (Å²) < 4.78 is 4.98. The van der Waals surface area contributed by atoms with Crippen LogP contribution in [0.4, 0.5) is 5.95 Å². The van der Waals surface area contributed by atoms with Crippen molar-refractivity contribution in [3.05, 3.63) is 5.28 Å². The molecule has 88 valence electrons. The third-order valence-corrected chi connectivity index (χ3v) is 2.77. The Kier molecular flexibility index (Phi) is 3.43. The van der Waals surface area contributed by atoms with Gasteiger partial charge in [0.2, 0.25) is 11.2 Å². The molecule has 1 aromatic heterocycles. The predicted octanol–water partition coefficient (Wildman–Crippen LogP) is 1.77. The van der Waals surface area contributed by atoms with Crippen molar-refractivity contribution in [3.63, 3.8) is 0 Å². The van der Waals surface area contributed by atoms with Crippen LogP contribution in [0.1, 0.15) is 19.8 Å². The second kappa shape index (κ2) is 4.82. The Morgan fingerprint density at radius 2 is 2.12 bits per heavy atom. The molecule has 0 bridgehead atoms. The van der Waals surface area contributed by atoms with Gasteiger partial charge in [-0.1, -0.05) is 0 Å². The van der Waals surface area contributed by atoms with Gasteiger partial charge in [-0.3, -0.25) is 0 Å². The molecule has 0 unspecified atom stereocenters. The molecular weight excluding hydrogens is 228 g/mol. The van der Waals surface area contributed by atoms with Crippen molar-refractivity contribution in [2.45, 2.75) is 19.8 Å². The quantitative estimate of drug-likeness (QED) is 0.788. The lowest BCUT2D eigenvalue weighted by Gasteiger charge is -2.20. The normalized spacial score (nSPS) is 14.9. The predicted molar refractivity (Wildman–Crippen MR) is 62.0 cm³/mol. The minimum atomic E-state index is 0.177. The van der Waals surface area contributed by atoms with Gasteiger partial charge in [0.1, 0.15) is 0 Å². The molecule has 1 fully saturated rings. The van der Waals surface area contributed by atoms with E-state index in [1.54, 1.807) is 0 Å². The Balaban J connectivity index is 2.17. The van der Waals surface area contributed by atoms with Crippen LogP contribution in [0.25, 0.3) is 0 Å². The average Bonchev–Trinajstić information content (AvgIpc) is 3.08. The molecule has 0 amide bonds. The number of aromatic nitrogens is 3. The highest BCUT2D eigenvalue weighted by Crippen LogP contribution is 2.30. The number of hydrogen-bond donors (Lipinski definition) is 0. The number of methoxy groups -OCH3 is 1. The molecule has 1 aromatic rings. The number of ether oxygens (including phenoxy) is 1. The first kappa shape index (κ1) is 11.4. The zero-order valence-corrected chi connectivity index (χ0v) is 10.2. The number of rotatable bonds is 5. The summed E-state index contributed by atoms with van der Waals surface area (Å²) in [6, 6.07) is 0.268. The minimum Gasteiger partial charge on any atom is -0.467 e. The van der Waals surface area contributed by atoms with Crippen LogP contribution < -0.4 is 9.64 Å². The third-order valence-electron chi connectivity index (χ3n) is 2.60. The number of nitrogens with zero attached hydrogens (tertiary/aromatic N) is 4. The van der Waals surface area contributed by atoms with Crippen LogP contribution in [0.3, 0.4) is 0 Å². The van der Waals surface area contributed by atoms with Gasteiger partial charge >= 0.3 is 6.01 Å². The Labute approximate surface area is 99.8 Å². The summed E-state index contributed by atoms with van der Waals surface area (Å²) in [4.78, 5) is 14.3. The molecule has 0 aliphatic heterocycles. The molecule has 0 spiro atoms. The number of hydrogen-bond acceptors (Lipinski definition) is 5. The van der Waals surface area contributed by atoms with Gasteiger partial charge in [0.05, 0.1) is 7.11 Å². The van der Waals surface area contributed by atoms with E-state index >= 15 is 0 Å². The van der Waals surface area contributed by atoms with Gasteiger partial charge < -0.3 is 9.64 Å². The van der Waals surface area contributed by atoms with E-state index in [2.05, 4.69) is 26.8 Å². The van der Waals surface area contributed by atoms with Crippen molar-refractivity contribution in [1.82, 2.24) is 15.0 Å². The van der Waals surface area contributed by atoms with Gasteiger partial charge in [-0.2, -0.15) is 15.0 Å². The highest BCUT2D eigenvalue weighted by atomic mass is 35.5. The van der Waals surface area contributed by atoms with E-state index in [9.17, 15) is 0 Å². The molecule has 2 rings (SSSR count). The molecule has 0 saturated heterocycles. The van der Waals surface area contributed by atoms with Crippen LogP contribution in [0, 0.1) is 5.92 Å². The summed E-state index contributed by atoms with van der Waals surface area (Å²) in [5.74, 6) is 1.38. The van der Waals surface area contributed by atoms with Crippen LogP contribution >= 0.6 is 11.6 Å². The Bertz CT molecular complexity index is 370. The van der Waals surface area contributed by atoms with Crippen molar-refractivity contribution >= 4 is 17.5 Å². The summed E-state index contributed by atoms with van der Waals surface area (Å²) in [7, 11) is 1.52. The first-order valence-electron chi connectivity index (χ1n) is 5.43. The van der Waals surface area contributed by atoms with Crippen molar-refractivity contribution in [3.8, 4) is 6.01 Å². The molecule has 1 saturated carbocycles. The minimum absolute atomic E-state index is 0.177. The fraction of sp³-hybridized carbons (Fsp3) is 0.700. The van der Waals surface area contributed by atoms with Crippen molar-refractivity contribution in [1.29, 1.82) is 0 Å². The first-order chi connectivity index (χ1) is 7.72. The zero-order chi connectivity index (χ0) is 11.5. The molecule has 16 heavy (non-hydrogen) atoms. The summed E-state index contributed by atoms with van der Waals surface area (Å²) in [5, 5.41) is 0.177. The second-order valence-corrected chi connectivity index (χ2v) is 4.21. The van der Waals surface area contributed by atoms with Crippen molar-refractivity contribution < 1.29 is 4.74 Å². The molecule has 0 atom stereocenters. The van der Waals surface area contributed by atoms with E-state index in [-0.39, 0.29) is 11.3 Å². The maximum Gasteiger partial charge on any atom is 0.322 e. The SMILES string of the molecule is CCN(CC1CC1)c1nc(Cl)nc(OC)n1. The molecule has 1 aliphatic carbocycles. The summed E-state index contributed by atoms with van der Waals surface area (Å²) in [6.45, 7) is 3.92. The Morgan fingerprint density at radius 3 is 2.69 bits per heavy atom. The second-order valence-electron chi connectivity index (χ2n) is 3.87. The molecule has 1 heterocycles. The van der Waals surface area contributed by atoms with Crippen molar-refractivity contribution in [2.75, 3.05) is 25.1 Å². The molecule has 0 N–H and O–H groups in total. The van der Waals surface area contributed by atoms with Gasteiger partial charge in [-0.15, -0.1) is 0 Å². The monoisotopic (exact) mass is 242 g/mol. The summed E-state index contributed by atoms with van der Waals surface area (Å²) in [6.07, 6.45) is 2.60. The largest absolute Gasteiger partial charge is 0.467 e. The zero-order valence-electron chi connectivity index (χ0n) is 9.48. The molecule has 6 heteroatoms. The fourth-order valence-electron chi connectivity index (χ4n) is 1.52. The maximum absolute atomic E-state index is 5.81. The van der Waals surface area contributed by atoms with E-state index in [1.807, 2.05) is 0 Å². The lowest BCUT2D eigenvalue weighted by Crippen LogP contribution is -2.27. The lowest BCUT2D eigenvalue weighted by atomic mass is 10.4. The van der Waals surface area contributed by atoms with Gasteiger partial charge in [-0.25, -0.2) is 0 Å². The highest BCUT2D eigenvalue weighted by molar-refractivity contribution is 6.28. The van der Waals surface area contributed by atoms with Crippen LogP contribution in [0.15, 0.2) is 0 Å². The third kappa shape index (κ3) is 2.72. The van der Waals surface area contributed by atoms with Crippen LogP contribution in [0.2, 0.25) is 5.28 Å². The van der Waals surface area contributed by atoms with E-state index in [0.29, 0.717) is 5.95 Å². The lowest BCUT2D eigenvalue weighted by molar-refractivity contribution is 0.378. The molecule has 0 radical (unpaired) electrons. The van der Waals surface area contributed by atoms with E-state index in [1.165, 1.54) is 20.0 Å². The average molecular weight is 243 g/mol. The Morgan fingerprint density at radius 1 is 1.38 bits per heavy atom. The summed E-state index contributed by atoms with van der Waals surface area (Å²) >= 11 is 5.81. The van der Waals surface area contributed by atoms with Crippen LogP contribution in [0.5, 0.6) is 6.01 Å². The molecule has 1 aliphatic rings.